The van der Waals surface area contributed by atoms with Crippen molar-refractivity contribution in [1.82, 2.24) is 9.80 Å². The van der Waals surface area contributed by atoms with Gasteiger partial charge in [-0.2, -0.15) is 0 Å². The molecule has 2 fully saturated rings. The van der Waals surface area contributed by atoms with Crippen LogP contribution in [0.5, 0.6) is 0 Å². The lowest BCUT2D eigenvalue weighted by atomic mass is 9.83. The van der Waals surface area contributed by atoms with E-state index in [4.69, 9.17) is 0 Å². The van der Waals surface area contributed by atoms with Crippen LogP contribution in [0.1, 0.15) is 6.92 Å². The predicted octanol–water partition coefficient (Wildman–Crippen LogP) is 0.0688. The van der Waals surface area contributed by atoms with Crippen molar-refractivity contribution in [3.63, 3.8) is 0 Å². The molecule has 2 saturated heterocycles. The average molecular weight is 182 g/mol. The summed E-state index contributed by atoms with van der Waals surface area (Å²) in [5, 5.41) is 0. The highest BCUT2D eigenvalue weighted by Crippen LogP contribution is 2.24. The molecule has 0 saturated carbocycles. The molecule has 0 aliphatic carbocycles. The highest BCUT2D eigenvalue weighted by Gasteiger charge is 2.39. The van der Waals surface area contributed by atoms with Gasteiger partial charge in [0.1, 0.15) is 5.78 Å². The third-order valence-corrected chi connectivity index (χ3v) is 3.27. The van der Waals surface area contributed by atoms with E-state index in [1.807, 2.05) is 0 Å². The molecule has 2 heterocycles. The molecule has 0 amide bonds. The standard InChI is InChI=1S/C10H18N2O/c1-3-12-6-8-4-11(2)5-9(7-12)10(8)13/h8-9H,3-7H2,1-2H3. The Morgan fingerprint density at radius 1 is 1.23 bits per heavy atom. The molecule has 0 spiro atoms. The summed E-state index contributed by atoms with van der Waals surface area (Å²) < 4.78 is 0. The number of ketones is 1. The molecule has 3 nitrogen and oxygen atoms in total. The van der Waals surface area contributed by atoms with Gasteiger partial charge >= 0.3 is 0 Å². The van der Waals surface area contributed by atoms with Gasteiger partial charge in [-0.25, -0.2) is 0 Å². The second kappa shape index (κ2) is 3.39. The van der Waals surface area contributed by atoms with E-state index >= 15 is 0 Å². The van der Waals surface area contributed by atoms with E-state index in [1.165, 1.54) is 0 Å². The summed E-state index contributed by atoms with van der Waals surface area (Å²) in [6.07, 6.45) is 0. The zero-order valence-electron chi connectivity index (χ0n) is 8.49. The maximum absolute atomic E-state index is 11.8. The van der Waals surface area contributed by atoms with Crippen LogP contribution in [-0.2, 0) is 4.79 Å². The first-order valence-electron chi connectivity index (χ1n) is 5.15. The van der Waals surface area contributed by atoms with Crippen molar-refractivity contribution < 1.29 is 4.79 Å². The van der Waals surface area contributed by atoms with E-state index < -0.39 is 0 Å². The molecule has 74 valence electrons. The van der Waals surface area contributed by atoms with Gasteiger partial charge in [-0.15, -0.1) is 0 Å². The molecule has 3 heteroatoms. The number of hydrogen-bond donors (Lipinski definition) is 0. The quantitative estimate of drug-likeness (QED) is 0.573. The molecule has 0 radical (unpaired) electrons. The smallest absolute Gasteiger partial charge is 0.144 e. The van der Waals surface area contributed by atoms with Crippen LogP contribution in [0.25, 0.3) is 0 Å². The normalized spacial score (nSPS) is 36.6. The van der Waals surface area contributed by atoms with Crippen molar-refractivity contribution in [2.75, 3.05) is 39.8 Å². The van der Waals surface area contributed by atoms with Crippen molar-refractivity contribution in [3.8, 4) is 0 Å². The maximum atomic E-state index is 11.8. The molecule has 0 aromatic heterocycles. The summed E-state index contributed by atoms with van der Waals surface area (Å²) in [5.74, 6) is 1.10. The first-order chi connectivity index (χ1) is 6.20. The maximum Gasteiger partial charge on any atom is 0.144 e. The second-order valence-electron chi connectivity index (χ2n) is 4.37. The molecule has 13 heavy (non-hydrogen) atoms. The molecule has 2 bridgehead atoms. The third-order valence-electron chi connectivity index (χ3n) is 3.27. The van der Waals surface area contributed by atoms with Gasteiger partial charge in [0.25, 0.3) is 0 Å². The van der Waals surface area contributed by atoms with Crippen LogP contribution in [-0.4, -0.2) is 55.4 Å². The number of Topliss-reactive ketones (excluding diaryl/α,β-unsaturated/α-hetero) is 1. The molecule has 2 atom stereocenters. The summed E-state index contributed by atoms with van der Waals surface area (Å²) >= 11 is 0. The first-order valence-corrected chi connectivity index (χ1v) is 5.15. The third kappa shape index (κ3) is 1.63. The number of fused-ring (bicyclic) bond motifs is 2. The lowest BCUT2D eigenvalue weighted by Crippen LogP contribution is -2.57. The van der Waals surface area contributed by atoms with E-state index in [0.717, 1.165) is 32.7 Å². The largest absolute Gasteiger partial charge is 0.305 e. The number of piperidine rings is 2. The minimum absolute atomic E-state index is 0.289. The fraction of sp³-hybridized carbons (Fsp3) is 0.900. The zero-order valence-corrected chi connectivity index (χ0v) is 8.49. The van der Waals surface area contributed by atoms with Crippen LogP contribution in [0.4, 0.5) is 0 Å². The molecule has 2 unspecified atom stereocenters. The van der Waals surface area contributed by atoms with Gasteiger partial charge in [0.15, 0.2) is 0 Å². The highest BCUT2D eigenvalue weighted by molar-refractivity contribution is 5.85. The van der Waals surface area contributed by atoms with Gasteiger partial charge in [-0.3, -0.25) is 4.79 Å². The number of rotatable bonds is 1. The summed E-state index contributed by atoms with van der Waals surface area (Å²) in [6, 6.07) is 0. The van der Waals surface area contributed by atoms with Gasteiger partial charge < -0.3 is 9.80 Å². The fourth-order valence-electron chi connectivity index (χ4n) is 2.59. The van der Waals surface area contributed by atoms with Crippen LogP contribution in [0.2, 0.25) is 0 Å². The van der Waals surface area contributed by atoms with Crippen molar-refractivity contribution in [3.05, 3.63) is 0 Å². The van der Waals surface area contributed by atoms with E-state index in [-0.39, 0.29) is 11.8 Å². The number of hydrogen-bond acceptors (Lipinski definition) is 3. The molecule has 2 aliphatic heterocycles. The summed E-state index contributed by atoms with van der Waals surface area (Å²) in [4.78, 5) is 16.5. The number of carbonyl (C=O) groups is 1. The minimum atomic E-state index is 0.289. The van der Waals surface area contributed by atoms with Gasteiger partial charge in [0.2, 0.25) is 0 Å². The number of carbonyl (C=O) groups excluding carboxylic acids is 1. The van der Waals surface area contributed by atoms with Gasteiger partial charge in [0, 0.05) is 38.0 Å². The molecule has 0 aromatic carbocycles. The highest BCUT2D eigenvalue weighted by atomic mass is 16.1. The molecule has 0 aromatic rings. The van der Waals surface area contributed by atoms with Crippen molar-refractivity contribution in [1.29, 1.82) is 0 Å². The van der Waals surface area contributed by atoms with E-state index in [1.54, 1.807) is 0 Å². The summed E-state index contributed by atoms with van der Waals surface area (Å²) in [6.45, 7) is 7.16. The SMILES string of the molecule is CCN1CC2CN(C)CC(C1)C2=O. The van der Waals surface area contributed by atoms with Crippen molar-refractivity contribution in [2.45, 2.75) is 6.92 Å². The molecular weight excluding hydrogens is 164 g/mol. The minimum Gasteiger partial charge on any atom is -0.305 e. The number of likely N-dealkylation sites (tertiary alicyclic amines) is 2. The Hall–Kier alpha value is -0.410. The Morgan fingerprint density at radius 3 is 2.23 bits per heavy atom. The van der Waals surface area contributed by atoms with E-state index in [0.29, 0.717) is 5.78 Å². The first kappa shape index (κ1) is 9.16. The Kier molecular flexibility index (Phi) is 2.39. The Morgan fingerprint density at radius 2 is 1.77 bits per heavy atom. The summed E-state index contributed by atoms with van der Waals surface area (Å²) in [5.41, 5.74) is 0. The van der Waals surface area contributed by atoms with Crippen LogP contribution in [0.3, 0.4) is 0 Å². The predicted molar refractivity (Wildman–Crippen MR) is 51.6 cm³/mol. The van der Waals surface area contributed by atoms with Crippen LogP contribution in [0, 0.1) is 11.8 Å². The topological polar surface area (TPSA) is 23.6 Å². The van der Waals surface area contributed by atoms with Crippen LogP contribution < -0.4 is 0 Å². The molecule has 0 N–H and O–H groups in total. The van der Waals surface area contributed by atoms with Crippen LogP contribution in [0.15, 0.2) is 0 Å². The lowest BCUT2D eigenvalue weighted by Gasteiger charge is -2.43. The van der Waals surface area contributed by atoms with Gasteiger partial charge in [-0.05, 0) is 13.6 Å². The van der Waals surface area contributed by atoms with E-state index in [2.05, 4.69) is 23.8 Å². The van der Waals surface area contributed by atoms with Gasteiger partial charge in [0.05, 0.1) is 0 Å². The lowest BCUT2D eigenvalue weighted by molar-refractivity contribution is -0.136. The Balaban J connectivity index is 2.09. The Labute approximate surface area is 79.7 Å². The fourth-order valence-corrected chi connectivity index (χ4v) is 2.59. The van der Waals surface area contributed by atoms with E-state index in [9.17, 15) is 4.79 Å². The zero-order chi connectivity index (χ0) is 9.42. The summed E-state index contributed by atoms with van der Waals surface area (Å²) in [7, 11) is 2.12. The monoisotopic (exact) mass is 182 g/mol. The van der Waals surface area contributed by atoms with Gasteiger partial charge in [-0.1, -0.05) is 6.92 Å². The van der Waals surface area contributed by atoms with Crippen molar-refractivity contribution in [2.24, 2.45) is 11.8 Å². The molecular formula is C10H18N2O. The number of nitrogens with zero attached hydrogens (tertiary/aromatic N) is 2. The second-order valence-corrected chi connectivity index (χ2v) is 4.37. The average Bonchev–Trinajstić information content (AvgIpc) is 2.07. The Bertz CT molecular complexity index is 199. The molecule has 2 rings (SSSR count). The van der Waals surface area contributed by atoms with Crippen LogP contribution >= 0.6 is 0 Å². The van der Waals surface area contributed by atoms with Crippen molar-refractivity contribution >= 4 is 5.78 Å². The molecule has 2 aliphatic rings.